The molecule has 2 aromatic carbocycles. The van der Waals surface area contributed by atoms with Crippen molar-refractivity contribution in [3.05, 3.63) is 65.3 Å². The standard InChI is InChI=1S/C19H12FN5S/c20-12-2-1-3-13(9-12)22-19-15-6-7-26-18(15)14-5-4-11(8-16(14)23-19)17-10-21-25-24-17/h1-9H,10H2,(H,22,23). The normalized spacial score (nSPS) is 13.5. The van der Waals surface area contributed by atoms with Gasteiger partial charge in [-0.25, -0.2) is 9.37 Å². The number of hydrogen-bond donors (Lipinski definition) is 1. The summed E-state index contributed by atoms with van der Waals surface area (Å²) in [4.78, 5) is 4.79. The number of nitrogens with zero attached hydrogens (tertiary/aromatic N) is 4. The Morgan fingerprint density at radius 1 is 1.04 bits per heavy atom. The molecule has 3 heterocycles. The molecule has 0 atom stereocenters. The van der Waals surface area contributed by atoms with Crippen LogP contribution < -0.4 is 5.32 Å². The number of fused-ring (bicyclic) bond motifs is 3. The van der Waals surface area contributed by atoms with Gasteiger partial charge in [-0.15, -0.1) is 16.4 Å². The largest absolute Gasteiger partial charge is 0.340 e. The second-order valence-corrected chi connectivity index (χ2v) is 6.84. The Morgan fingerprint density at radius 2 is 2.00 bits per heavy atom. The first-order valence-corrected chi connectivity index (χ1v) is 8.93. The first kappa shape index (κ1) is 15.1. The lowest BCUT2D eigenvalue weighted by molar-refractivity contribution is 0.628. The van der Waals surface area contributed by atoms with Crippen molar-refractivity contribution in [3.8, 4) is 0 Å². The average molecular weight is 361 g/mol. The Bertz CT molecular complexity index is 1210. The number of anilines is 2. The van der Waals surface area contributed by atoms with Crippen molar-refractivity contribution in [2.24, 2.45) is 15.4 Å². The van der Waals surface area contributed by atoms with Gasteiger partial charge in [-0.05, 0) is 40.9 Å². The lowest BCUT2D eigenvalue weighted by Gasteiger charge is -2.10. The monoisotopic (exact) mass is 361 g/mol. The van der Waals surface area contributed by atoms with Crippen molar-refractivity contribution < 1.29 is 4.39 Å². The van der Waals surface area contributed by atoms with Gasteiger partial charge < -0.3 is 5.32 Å². The van der Waals surface area contributed by atoms with Gasteiger partial charge in [-0.1, -0.05) is 18.2 Å². The highest BCUT2D eigenvalue weighted by Gasteiger charge is 2.13. The molecule has 126 valence electrons. The number of pyridine rings is 1. The van der Waals surface area contributed by atoms with E-state index in [1.807, 2.05) is 29.6 Å². The molecule has 5 nitrogen and oxygen atoms in total. The van der Waals surface area contributed by atoms with Crippen molar-refractivity contribution >= 4 is 49.5 Å². The molecule has 26 heavy (non-hydrogen) atoms. The maximum absolute atomic E-state index is 13.5. The van der Waals surface area contributed by atoms with E-state index in [0.717, 1.165) is 32.3 Å². The molecule has 0 fully saturated rings. The van der Waals surface area contributed by atoms with E-state index >= 15 is 0 Å². The van der Waals surface area contributed by atoms with E-state index in [1.54, 1.807) is 17.4 Å². The zero-order chi connectivity index (χ0) is 17.5. The number of thiophene rings is 1. The van der Waals surface area contributed by atoms with Gasteiger partial charge in [0.2, 0.25) is 0 Å². The van der Waals surface area contributed by atoms with E-state index in [1.165, 1.54) is 12.1 Å². The van der Waals surface area contributed by atoms with Crippen LogP contribution in [0.4, 0.5) is 15.9 Å². The highest BCUT2D eigenvalue weighted by atomic mass is 32.1. The minimum absolute atomic E-state index is 0.286. The maximum Gasteiger partial charge on any atom is 0.139 e. The van der Waals surface area contributed by atoms with Gasteiger partial charge in [0.1, 0.15) is 18.2 Å². The SMILES string of the molecule is Fc1cccc(Nc2nc3cc(C4=NN=NC4)ccc3c3sccc23)c1. The third kappa shape index (κ3) is 2.53. The molecule has 5 rings (SSSR count). The van der Waals surface area contributed by atoms with E-state index in [0.29, 0.717) is 18.1 Å². The first-order chi connectivity index (χ1) is 12.8. The number of halogens is 1. The number of aromatic nitrogens is 1. The minimum Gasteiger partial charge on any atom is -0.340 e. The third-order valence-corrected chi connectivity index (χ3v) is 5.21. The van der Waals surface area contributed by atoms with Crippen LogP contribution in [0.25, 0.3) is 21.0 Å². The molecule has 0 unspecified atom stereocenters. The van der Waals surface area contributed by atoms with Crippen molar-refractivity contribution in [1.82, 2.24) is 4.98 Å². The molecule has 0 spiro atoms. The Morgan fingerprint density at radius 3 is 2.85 bits per heavy atom. The second-order valence-electron chi connectivity index (χ2n) is 5.93. The van der Waals surface area contributed by atoms with Gasteiger partial charge >= 0.3 is 0 Å². The highest BCUT2D eigenvalue weighted by molar-refractivity contribution is 7.18. The summed E-state index contributed by atoms with van der Waals surface area (Å²) in [5.41, 5.74) is 3.31. The summed E-state index contributed by atoms with van der Waals surface area (Å²) in [6.07, 6.45) is 0. The fraction of sp³-hybridized carbons (Fsp3) is 0.0526. The predicted molar refractivity (Wildman–Crippen MR) is 103 cm³/mol. The summed E-state index contributed by atoms with van der Waals surface area (Å²) in [5, 5.41) is 19.0. The molecule has 1 aliphatic heterocycles. The summed E-state index contributed by atoms with van der Waals surface area (Å²) in [5.74, 6) is 0.422. The third-order valence-electron chi connectivity index (χ3n) is 4.26. The molecule has 1 aliphatic rings. The topological polar surface area (TPSA) is 62.0 Å². The van der Waals surface area contributed by atoms with E-state index in [9.17, 15) is 4.39 Å². The van der Waals surface area contributed by atoms with Crippen LogP contribution in [0, 0.1) is 5.82 Å². The fourth-order valence-corrected chi connectivity index (χ4v) is 3.98. The number of benzene rings is 2. The van der Waals surface area contributed by atoms with Crippen molar-refractivity contribution in [1.29, 1.82) is 0 Å². The van der Waals surface area contributed by atoms with Crippen molar-refractivity contribution in [2.75, 3.05) is 11.9 Å². The second kappa shape index (κ2) is 5.96. The van der Waals surface area contributed by atoms with Crippen LogP contribution >= 0.6 is 11.3 Å². The molecule has 0 aliphatic carbocycles. The summed E-state index contributed by atoms with van der Waals surface area (Å²) in [7, 11) is 0. The Labute approximate surface area is 151 Å². The summed E-state index contributed by atoms with van der Waals surface area (Å²) in [6.45, 7) is 0.487. The van der Waals surface area contributed by atoms with Crippen molar-refractivity contribution in [3.63, 3.8) is 0 Å². The molecule has 0 amide bonds. The van der Waals surface area contributed by atoms with E-state index < -0.39 is 0 Å². The molecule has 0 bridgehead atoms. The molecule has 0 radical (unpaired) electrons. The molecule has 7 heteroatoms. The molecule has 0 saturated heterocycles. The van der Waals surface area contributed by atoms with Crippen LogP contribution in [0.5, 0.6) is 0 Å². The lowest BCUT2D eigenvalue weighted by Crippen LogP contribution is -2.02. The van der Waals surface area contributed by atoms with Gasteiger partial charge in [-0.2, -0.15) is 5.11 Å². The van der Waals surface area contributed by atoms with Crippen LogP contribution in [0.3, 0.4) is 0 Å². The van der Waals surface area contributed by atoms with Gasteiger partial charge in [0.25, 0.3) is 0 Å². The van der Waals surface area contributed by atoms with E-state index in [4.69, 9.17) is 4.98 Å². The van der Waals surface area contributed by atoms with Crippen LogP contribution in [-0.4, -0.2) is 17.2 Å². The number of rotatable bonds is 3. The summed E-state index contributed by atoms with van der Waals surface area (Å²) >= 11 is 1.66. The fourth-order valence-electron chi connectivity index (χ4n) is 3.04. The molecular weight excluding hydrogens is 349 g/mol. The Balaban J connectivity index is 1.67. The molecule has 1 N–H and O–H groups in total. The Hall–Kier alpha value is -3.19. The predicted octanol–water partition coefficient (Wildman–Crippen LogP) is 5.50. The molecule has 2 aromatic heterocycles. The van der Waals surface area contributed by atoms with Crippen LogP contribution in [-0.2, 0) is 0 Å². The number of nitrogens with one attached hydrogen (secondary N) is 1. The molecule has 0 saturated carbocycles. The first-order valence-electron chi connectivity index (χ1n) is 8.05. The lowest BCUT2D eigenvalue weighted by atomic mass is 10.1. The van der Waals surface area contributed by atoms with Crippen LogP contribution in [0.15, 0.2) is 69.3 Å². The van der Waals surface area contributed by atoms with Gasteiger partial charge in [0.15, 0.2) is 0 Å². The zero-order valence-corrected chi connectivity index (χ0v) is 14.3. The van der Waals surface area contributed by atoms with Gasteiger partial charge in [0.05, 0.1) is 11.2 Å². The molecular formula is C19H12FN5S. The van der Waals surface area contributed by atoms with Crippen LogP contribution in [0.1, 0.15) is 5.56 Å². The van der Waals surface area contributed by atoms with Gasteiger partial charge in [0, 0.05) is 26.7 Å². The minimum atomic E-state index is -0.286. The molecule has 4 aromatic rings. The van der Waals surface area contributed by atoms with Crippen LogP contribution in [0.2, 0.25) is 0 Å². The zero-order valence-electron chi connectivity index (χ0n) is 13.5. The van der Waals surface area contributed by atoms with Gasteiger partial charge in [-0.3, -0.25) is 0 Å². The summed E-state index contributed by atoms with van der Waals surface area (Å²) < 4.78 is 14.7. The smallest absolute Gasteiger partial charge is 0.139 e. The summed E-state index contributed by atoms with van der Waals surface area (Å²) in [6, 6.07) is 14.5. The quantitative estimate of drug-likeness (QED) is 0.523. The Kier molecular flexibility index (Phi) is 3.46. The highest BCUT2D eigenvalue weighted by Crippen LogP contribution is 2.35. The van der Waals surface area contributed by atoms with E-state index in [2.05, 4.69) is 26.8 Å². The maximum atomic E-state index is 13.5. The van der Waals surface area contributed by atoms with E-state index in [-0.39, 0.29) is 5.82 Å². The van der Waals surface area contributed by atoms with Crippen molar-refractivity contribution in [2.45, 2.75) is 0 Å². The average Bonchev–Trinajstić information content (AvgIpc) is 3.33. The number of hydrogen-bond acceptors (Lipinski definition) is 6.